The fraction of sp³-hybridized carbons (Fsp3) is 0.438. The highest BCUT2D eigenvalue weighted by atomic mass is 19.1. The van der Waals surface area contributed by atoms with Gasteiger partial charge in [-0.1, -0.05) is 19.1 Å². The smallest absolute Gasteiger partial charge is 0.123 e. The molecule has 2 rings (SSSR count). The highest BCUT2D eigenvalue weighted by molar-refractivity contribution is 5.22. The van der Waals surface area contributed by atoms with Gasteiger partial charge >= 0.3 is 0 Å². The number of rotatable bonds is 6. The first-order valence-corrected chi connectivity index (χ1v) is 7.10. The van der Waals surface area contributed by atoms with Gasteiger partial charge in [-0.15, -0.1) is 0 Å². The molecule has 1 N–H and O–H groups in total. The zero-order valence-corrected chi connectivity index (χ0v) is 12.3. The second-order valence-corrected chi connectivity index (χ2v) is 5.14. The third kappa shape index (κ3) is 3.45. The molecule has 0 saturated carbocycles. The standard InChI is InChI=1S/C16H22FN3/c1-4-12(2)20-9-8-15(19-20)11-16(18-3)13-6-5-7-14(17)10-13/h5-10,12,16,18H,4,11H2,1-3H3. The first kappa shape index (κ1) is 14.7. The lowest BCUT2D eigenvalue weighted by atomic mass is 10.0. The molecule has 0 bridgehead atoms. The number of nitrogens with one attached hydrogen (secondary N) is 1. The summed E-state index contributed by atoms with van der Waals surface area (Å²) in [6.45, 7) is 4.30. The fourth-order valence-electron chi connectivity index (χ4n) is 2.24. The molecule has 0 saturated heterocycles. The summed E-state index contributed by atoms with van der Waals surface area (Å²) in [4.78, 5) is 0. The Morgan fingerprint density at radius 2 is 2.15 bits per heavy atom. The van der Waals surface area contributed by atoms with E-state index in [-0.39, 0.29) is 11.9 Å². The van der Waals surface area contributed by atoms with E-state index >= 15 is 0 Å². The number of aromatic nitrogens is 2. The molecule has 1 aromatic carbocycles. The topological polar surface area (TPSA) is 29.9 Å². The van der Waals surface area contributed by atoms with E-state index in [1.54, 1.807) is 12.1 Å². The van der Waals surface area contributed by atoms with E-state index in [9.17, 15) is 4.39 Å². The van der Waals surface area contributed by atoms with Gasteiger partial charge in [0.05, 0.1) is 5.69 Å². The molecule has 1 heterocycles. The van der Waals surface area contributed by atoms with Crippen molar-refractivity contribution < 1.29 is 4.39 Å². The number of hydrogen-bond acceptors (Lipinski definition) is 2. The van der Waals surface area contributed by atoms with Crippen molar-refractivity contribution >= 4 is 0 Å². The van der Waals surface area contributed by atoms with Gasteiger partial charge in [-0.2, -0.15) is 5.10 Å². The summed E-state index contributed by atoms with van der Waals surface area (Å²) < 4.78 is 15.3. The minimum atomic E-state index is -0.201. The molecule has 3 nitrogen and oxygen atoms in total. The summed E-state index contributed by atoms with van der Waals surface area (Å²) in [6, 6.07) is 9.25. The quantitative estimate of drug-likeness (QED) is 0.874. The Kier molecular flexibility index (Phi) is 4.90. The maximum Gasteiger partial charge on any atom is 0.123 e. The Morgan fingerprint density at radius 3 is 2.80 bits per heavy atom. The van der Waals surface area contributed by atoms with Crippen molar-refractivity contribution in [2.24, 2.45) is 0 Å². The summed E-state index contributed by atoms with van der Waals surface area (Å²) >= 11 is 0. The number of benzene rings is 1. The average molecular weight is 275 g/mol. The number of hydrogen-bond donors (Lipinski definition) is 1. The molecule has 0 radical (unpaired) electrons. The molecule has 0 aliphatic carbocycles. The molecule has 2 unspecified atom stereocenters. The van der Waals surface area contributed by atoms with E-state index in [0.717, 1.165) is 24.1 Å². The van der Waals surface area contributed by atoms with Crippen LogP contribution >= 0.6 is 0 Å². The van der Waals surface area contributed by atoms with Crippen LogP contribution in [-0.2, 0) is 6.42 Å². The van der Waals surface area contributed by atoms with Crippen molar-refractivity contribution in [3.8, 4) is 0 Å². The highest BCUT2D eigenvalue weighted by Crippen LogP contribution is 2.19. The molecule has 1 aromatic heterocycles. The normalized spacial score (nSPS) is 14.2. The number of nitrogens with zero attached hydrogens (tertiary/aromatic N) is 2. The van der Waals surface area contributed by atoms with Crippen LogP contribution < -0.4 is 5.32 Å². The summed E-state index contributed by atoms with van der Waals surface area (Å²) in [5, 5.41) is 7.83. The van der Waals surface area contributed by atoms with Crippen molar-refractivity contribution in [1.29, 1.82) is 0 Å². The van der Waals surface area contributed by atoms with Crippen molar-refractivity contribution in [3.63, 3.8) is 0 Å². The lowest BCUT2D eigenvalue weighted by Crippen LogP contribution is -2.19. The predicted octanol–water partition coefficient (Wildman–Crippen LogP) is 3.50. The molecule has 0 fully saturated rings. The SMILES string of the molecule is CCC(C)n1ccc(CC(NC)c2cccc(F)c2)n1. The van der Waals surface area contributed by atoms with Crippen molar-refractivity contribution in [1.82, 2.24) is 15.1 Å². The summed E-state index contributed by atoms with van der Waals surface area (Å²) in [6.07, 6.45) is 3.83. The van der Waals surface area contributed by atoms with Crippen molar-refractivity contribution in [3.05, 3.63) is 53.6 Å². The molecule has 108 valence electrons. The van der Waals surface area contributed by atoms with Gasteiger partial charge in [-0.25, -0.2) is 4.39 Å². The molecule has 20 heavy (non-hydrogen) atoms. The van der Waals surface area contributed by atoms with Gasteiger partial charge in [0.25, 0.3) is 0 Å². The number of halogens is 1. The van der Waals surface area contributed by atoms with Crippen molar-refractivity contribution in [2.75, 3.05) is 7.05 Å². The van der Waals surface area contributed by atoms with Crippen LogP contribution in [-0.4, -0.2) is 16.8 Å². The Morgan fingerprint density at radius 1 is 1.35 bits per heavy atom. The minimum absolute atomic E-state index is 0.0750. The van der Waals surface area contributed by atoms with E-state index in [1.807, 2.05) is 30.1 Å². The minimum Gasteiger partial charge on any atom is -0.313 e. The van der Waals surface area contributed by atoms with Gasteiger partial charge in [0.1, 0.15) is 5.82 Å². The monoisotopic (exact) mass is 275 g/mol. The third-order valence-electron chi connectivity index (χ3n) is 3.72. The van der Waals surface area contributed by atoms with Crippen molar-refractivity contribution in [2.45, 2.75) is 38.8 Å². The average Bonchev–Trinajstić information content (AvgIpc) is 2.92. The summed E-state index contributed by atoms with van der Waals surface area (Å²) in [5.74, 6) is -0.201. The van der Waals surface area contributed by atoms with Crippen LogP contribution in [0.5, 0.6) is 0 Å². The Hall–Kier alpha value is -1.68. The summed E-state index contributed by atoms with van der Waals surface area (Å²) in [5.41, 5.74) is 1.97. The fourth-order valence-corrected chi connectivity index (χ4v) is 2.24. The molecule has 0 aliphatic rings. The van der Waals surface area contributed by atoms with E-state index in [0.29, 0.717) is 6.04 Å². The zero-order valence-electron chi connectivity index (χ0n) is 12.3. The maximum atomic E-state index is 13.3. The largest absolute Gasteiger partial charge is 0.313 e. The Bertz CT molecular complexity index is 550. The van der Waals surface area contributed by atoms with Gasteiger partial charge in [0.15, 0.2) is 0 Å². The van der Waals surface area contributed by atoms with E-state index in [2.05, 4.69) is 24.3 Å². The first-order valence-electron chi connectivity index (χ1n) is 7.10. The van der Waals surface area contributed by atoms with E-state index in [4.69, 9.17) is 0 Å². The molecular weight excluding hydrogens is 253 g/mol. The van der Waals surface area contributed by atoms with Crippen LogP contribution in [0.2, 0.25) is 0 Å². The molecule has 2 aromatic rings. The predicted molar refractivity (Wildman–Crippen MR) is 79.1 cm³/mol. The summed E-state index contributed by atoms with van der Waals surface area (Å²) in [7, 11) is 1.89. The van der Waals surface area contributed by atoms with Gasteiger partial charge in [0.2, 0.25) is 0 Å². The van der Waals surface area contributed by atoms with Crippen LogP contribution in [0.15, 0.2) is 36.5 Å². The molecule has 0 amide bonds. The lowest BCUT2D eigenvalue weighted by Gasteiger charge is -2.15. The molecule has 2 atom stereocenters. The first-order chi connectivity index (χ1) is 9.63. The van der Waals surface area contributed by atoms with Crippen LogP contribution in [0.4, 0.5) is 4.39 Å². The van der Waals surface area contributed by atoms with Crippen LogP contribution in [0.3, 0.4) is 0 Å². The third-order valence-corrected chi connectivity index (χ3v) is 3.72. The van der Waals surface area contributed by atoms with Gasteiger partial charge < -0.3 is 5.32 Å². The molecule has 0 aliphatic heterocycles. The van der Waals surface area contributed by atoms with Gasteiger partial charge in [-0.3, -0.25) is 4.68 Å². The van der Waals surface area contributed by atoms with Crippen LogP contribution in [0.25, 0.3) is 0 Å². The lowest BCUT2D eigenvalue weighted by molar-refractivity contribution is 0.469. The maximum absolute atomic E-state index is 13.3. The Labute approximate surface area is 119 Å². The molecule has 4 heteroatoms. The second-order valence-electron chi connectivity index (χ2n) is 5.14. The van der Waals surface area contributed by atoms with E-state index in [1.165, 1.54) is 6.07 Å². The number of likely N-dealkylation sites (N-methyl/N-ethyl adjacent to an activating group) is 1. The zero-order chi connectivity index (χ0) is 14.5. The molecule has 0 spiro atoms. The molecular formula is C16H22FN3. The second kappa shape index (κ2) is 6.66. The van der Waals surface area contributed by atoms with Gasteiger partial charge in [0, 0.05) is 24.7 Å². The highest BCUT2D eigenvalue weighted by Gasteiger charge is 2.13. The van der Waals surface area contributed by atoms with Crippen LogP contribution in [0, 0.1) is 5.82 Å². The van der Waals surface area contributed by atoms with Gasteiger partial charge in [-0.05, 0) is 44.2 Å². The Balaban J connectivity index is 2.12. The van der Waals surface area contributed by atoms with Crippen LogP contribution in [0.1, 0.15) is 43.6 Å². The van der Waals surface area contributed by atoms with E-state index < -0.39 is 0 Å².